The zero-order valence-electron chi connectivity index (χ0n) is 18.5. The number of methoxy groups -OCH3 is 1. The minimum atomic E-state index is -0.466. The number of nitro groups is 1. The SMILES string of the molecule is COc1ccc(CNC(=O)/C(C#N)=C\c2cc(I)c(OCc3ccc([N+](=O)[O-])cc3)c(I)c2)cc1. The minimum absolute atomic E-state index is 0.00957. The largest absolute Gasteiger partial charge is 0.497 e. The average molecular weight is 695 g/mol. The Labute approximate surface area is 229 Å². The fourth-order valence-corrected chi connectivity index (χ4v) is 5.13. The highest BCUT2D eigenvalue weighted by Crippen LogP contribution is 2.30. The van der Waals surface area contributed by atoms with Crippen molar-refractivity contribution in [2.24, 2.45) is 0 Å². The van der Waals surface area contributed by atoms with Crippen LogP contribution in [0, 0.1) is 28.6 Å². The number of non-ortho nitro benzene ring substituents is 1. The molecule has 0 spiro atoms. The topological polar surface area (TPSA) is 114 Å². The van der Waals surface area contributed by atoms with Gasteiger partial charge in [0.25, 0.3) is 11.6 Å². The molecule has 35 heavy (non-hydrogen) atoms. The van der Waals surface area contributed by atoms with Crippen LogP contribution in [-0.4, -0.2) is 17.9 Å². The number of nitro benzene ring substituents is 1. The van der Waals surface area contributed by atoms with Crippen molar-refractivity contribution in [1.29, 1.82) is 5.26 Å². The summed E-state index contributed by atoms with van der Waals surface area (Å²) in [7, 11) is 1.58. The van der Waals surface area contributed by atoms with E-state index in [1.807, 2.05) is 30.3 Å². The third kappa shape index (κ3) is 7.40. The lowest BCUT2D eigenvalue weighted by atomic mass is 10.1. The van der Waals surface area contributed by atoms with Crippen molar-refractivity contribution >= 4 is 62.9 Å². The van der Waals surface area contributed by atoms with Gasteiger partial charge in [-0.1, -0.05) is 12.1 Å². The van der Waals surface area contributed by atoms with Crippen molar-refractivity contribution in [3.8, 4) is 17.6 Å². The Balaban J connectivity index is 1.67. The summed E-state index contributed by atoms with van der Waals surface area (Å²) in [5.41, 5.74) is 2.39. The second kappa shape index (κ2) is 12.5. The Morgan fingerprint density at radius 3 is 2.23 bits per heavy atom. The van der Waals surface area contributed by atoms with E-state index in [1.54, 1.807) is 31.4 Å². The molecule has 0 saturated heterocycles. The number of hydrogen-bond acceptors (Lipinski definition) is 6. The zero-order valence-corrected chi connectivity index (χ0v) is 22.8. The highest BCUT2D eigenvalue weighted by molar-refractivity contribution is 14.1. The van der Waals surface area contributed by atoms with Crippen LogP contribution in [0.1, 0.15) is 16.7 Å². The molecular weight excluding hydrogens is 676 g/mol. The molecule has 0 aliphatic heterocycles. The molecular formula is C25H19I2N3O5. The summed E-state index contributed by atoms with van der Waals surface area (Å²) < 4.78 is 12.7. The minimum Gasteiger partial charge on any atom is -0.497 e. The van der Waals surface area contributed by atoms with Crippen LogP contribution in [0.25, 0.3) is 6.08 Å². The van der Waals surface area contributed by atoms with E-state index in [0.717, 1.165) is 24.0 Å². The summed E-state index contributed by atoms with van der Waals surface area (Å²) in [6.45, 7) is 0.530. The van der Waals surface area contributed by atoms with Gasteiger partial charge in [0.15, 0.2) is 0 Å². The highest BCUT2D eigenvalue weighted by atomic mass is 127. The van der Waals surface area contributed by atoms with E-state index in [-0.39, 0.29) is 24.4 Å². The van der Waals surface area contributed by atoms with Crippen LogP contribution in [0.5, 0.6) is 11.5 Å². The van der Waals surface area contributed by atoms with Gasteiger partial charge in [-0.05, 0) is 104 Å². The maximum Gasteiger partial charge on any atom is 0.269 e. The van der Waals surface area contributed by atoms with E-state index in [9.17, 15) is 20.2 Å². The summed E-state index contributed by atoms with van der Waals surface area (Å²) in [5.74, 6) is 0.915. The maximum absolute atomic E-state index is 12.5. The van der Waals surface area contributed by atoms with E-state index in [1.165, 1.54) is 18.2 Å². The van der Waals surface area contributed by atoms with Crippen molar-refractivity contribution in [2.45, 2.75) is 13.2 Å². The number of nitrogens with zero attached hydrogens (tertiary/aromatic N) is 2. The number of ether oxygens (including phenoxy) is 2. The molecule has 0 unspecified atom stereocenters. The average Bonchev–Trinajstić information content (AvgIpc) is 2.85. The molecule has 0 atom stereocenters. The van der Waals surface area contributed by atoms with Crippen LogP contribution < -0.4 is 14.8 Å². The highest BCUT2D eigenvalue weighted by Gasteiger charge is 2.13. The number of benzene rings is 3. The molecule has 10 heteroatoms. The van der Waals surface area contributed by atoms with Gasteiger partial charge in [0, 0.05) is 18.7 Å². The molecule has 1 amide bonds. The first-order valence-electron chi connectivity index (χ1n) is 10.2. The predicted molar refractivity (Wildman–Crippen MR) is 148 cm³/mol. The first kappa shape index (κ1) is 26.4. The van der Waals surface area contributed by atoms with E-state index in [2.05, 4.69) is 50.5 Å². The van der Waals surface area contributed by atoms with Gasteiger partial charge in [-0.2, -0.15) is 5.26 Å². The normalized spacial score (nSPS) is 10.9. The zero-order chi connectivity index (χ0) is 25.4. The van der Waals surface area contributed by atoms with Gasteiger partial charge < -0.3 is 14.8 Å². The van der Waals surface area contributed by atoms with Crippen LogP contribution >= 0.6 is 45.2 Å². The Morgan fingerprint density at radius 2 is 1.69 bits per heavy atom. The number of halogens is 2. The lowest BCUT2D eigenvalue weighted by Gasteiger charge is -2.12. The van der Waals surface area contributed by atoms with E-state index in [0.29, 0.717) is 11.3 Å². The molecule has 0 aromatic heterocycles. The number of nitrogens with one attached hydrogen (secondary N) is 1. The van der Waals surface area contributed by atoms with E-state index >= 15 is 0 Å². The number of rotatable bonds is 9. The number of carbonyl (C=O) groups excluding carboxylic acids is 1. The van der Waals surface area contributed by atoms with Crippen molar-refractivity contribution in [2.75, 3.05) is 7.11 Å². The van der Waals surface area contributed by atoms with Gasteiger partial charge >= 0.3 is 0 Å². The predicted octanol–water partition coefficient (Wildman–Crippen LogP) is 5.61. The standard InChI is InChI=1S/C25H19I2N3O5/c1-34-21-8-4-16(5-9-21)14-29-25(31)19(13-28)10-18-11-22(26)24(23(27)12-18)35-15-17-2-6-20(7-3-17)30(32)33/h2-12H,14-15H2,1H3,(H,29,31)/b19-10-. The van der Waals surface area contributed by atoms with Crippen LogP contribution in [-0.2, 0) is 17.9 Å². The fraction of sp³-hybridized carbons (Fsp3) is 0.120. The van der Waals surface area contributed by atoms with Crippen LogP contribution in [0.3, 0.4) is 0 Å². The summed E-state index contributed by atoms with van der Waals surface area (Å²) >= 11 is 4.27. The number of hydrogen-bond donors (Lipinski definition) is 1. The molecule has 3 aromatic rings. The monoisotopic (exact) mass is 695 g/mol. The van der Waals surface area contributed by atoms with Gasteiger partial charge in [-0.15, -0.1) is 0 Å². The summed E-state index contributed by atoms with van der Waals surface area (Å²) in [5, 5.41) is 23.1. The Bertz CT molecular complexity index is 1280. The Hall–Kier alpha value is -3.18. The Morgan fingerprint density at radius 1 is 1.09 bits per heavy atom. The third-order valence-corrected chi connectivity index (χ3v) is 6.44. The maximum atomic E-state index is 12.5. The molecule has 0 saturated carbocycles. The summed E-state index contributed by atoms with van der Waals surface area (Å²) in [4.78, 5) is 22.9. The van der Waals surface area contributed by atoms with Crippen LogP contribution in [0.2, 0.25) is 0 Å². The molecule has 0 heterocycles. The van der Waals surface area contributed by atoms with E-state index < -0.39 is 10.8 Å². The van der Waals surface area contributed by atoms with Crippen molar-refractivity contribution in [1.82, 2.24) is 5.32 Å². The quantitative estimate of drug-likeness (QED) is 0.102. The second-order valence-corrected chi connectivity index (χ2v) is 9.55. The smallest absolute Gasteiger partial charge is 0.269 e. The molecule has 3 rings (SSSR count). The molecule has 178 valence electrons. The molecule has 0 radical (unpaired) electrons. The van der Waals surface area contributed by atoms with Crippen LogP contribution in [0.4, 0.5) is 5.69 Å². The van der Waals surface area contributed by atoms with Crippen molar-refractivity contribution in [3.63, 3.8) is 0 Å². The number of nitriles is 1. The summed E-state index contributed by atoms with van der Waals surface area (Å²) in [6.07, 6.45) is 1.54. The first-order chi connectivity index (χ1) is 16.8. The Kier molecular flexibility index (Phi) is 9.44. The molecule has 0 bridgehead atoms. The molecule has 0 fully saturated rings. The summed E-state index contributed by atoms with van der Waals surface area (Å²) in [6, 6.07) is 19.1. The van der Waals surface area contributed by atoms with Gasteiger partial charge in [0.2, 0.25) is 0 Å². The van der Waals surface area contributed by atoms with Crippen molar-refractivity contribution in [3.05, 3.63) is 100 Å². The van der Waals surface area contributed by atoms with Crippen LogP contribution in [0.15, 0.2) is 66.2 Å². The molecule has 3 aromatic carbocycles. The van der Waals surface area contributed by atoms with Gasteiger partial charge in [-0.25, -0.2) is 0 Å². The molecule has 8 nitrogen and oxygen atoms in total. The number of amides is 1. The first-order valence-corrected chi connectivity index (χ1v) is 12.3. The fourth-order valence-electron chi connectivity index (χ4n) is 3.01. The van der Waals surface area contributed by atoms with E-state index in [4.69, 9.17) is 9.47 Å². The molecule has 1 N–H and O–H groups in total. The lowest BCUT2D eigenvalue weighted by Crippen LogP contribution is -2.23. The molecule has 0 aliphatic carbocycles. The van der Waals surface area contributed by atoms with Crippen molar-refractivity contribution < 1.29 is 19.2 Å². The molecule has 0 aliphatic rings. The lowest BCUT2D eigenvalue weighted by molar-refractivity contribution is -0.384. The van der Waals surface area contributed by atoms with Gasteiger partial charge in [-0.3, -0.25) is 14.9 Å². The van der Waals surface area contributed by atoms with Gasteiger partial charge in [0.1, 0.15) is 29.7 Å². The van der Waals surface area contributed by atoms with Gasteiger partial charge in [0.05, 0.1) is 19.2 Å². The second-order valence-electron chi connectivity index (χ2n) is 7.23. The number of carbonyl (C=O) groups is 1. The third-order valence-electron chi connectivity index (χ3n) is 4.84.